The second kappa shape index (κ2) is 6.55. The number of aryl methyl sites for hydroxylation is 2. The van der Waals surface area contributed by atoms with Crippen molar-refractivity contribution in [2.75, 3.05) is 19.5 Å². The Morgan fingerprint density at radius 1 is 0.897 bits per heavy atom. The van der Waals surface area contributed by atoms with Gasteiger partial charge in [-0.3, -0.25) is 4.57 Å². The molecule has 1 atom stereocenters. The van der Waals surface area contributed by atoms with Crippen LogP contribution in [0.25, 0.3) is 22.4 Å². The standard InChI is InChI=1S/C24H23N3O2/c1-14-11-19-20(12-15(14)2)27-23(16-9-10-21(28-3)22(13-16)29-4)25-18-8-6-5-7-17(18)24(27)26-19/h5-13,23,25H,1-4H3. The van der Waals surface area contributed by atoms with Crippen LogP contribution >= 0.6 is 0 Å². The van der Waals surface area contributed by atoms with Crippen LogP contribution < -0.4 is 14.8 Å². The number of nitrogens with one attached hydrogen (secondary N) is 1. The van der Waals surface area contributed by atoms with Gasteiger partial charge in [0.25, 0.3) is 0 Å². The van der Waals surface area contributed by atoms with Gasteiger partial charge in [0.1, 0.15) is 12.0 Å². The van der Waals surface area contributed by atoms with Crippen LogP contribution in [0, 0.1) is 13.8 Å². The average molecular weight is 385 g/mol. The number of hydrogen-bond donors (Lipinski definition) is 1. The minimum Gasteiger partial charge on any atom is -0.493 e. The summed E-state index contributed by atoms with van der Waals surface area (Å²) < 4.78 is 13.3. The number of rotatable bonds is 3. The molecule has 1 aliphatic heterocycles. The first-order chi connectivity index (χ1) is 14.1. The molecule has 146 valence electrons. The van der Waals surface area contributed by atoms with Crippen LogP contribution in [-0.4, -0.2) is 23.8 Å². The Hall–Kier alpha value is -3.47. The van der Waals surface area contributed by atoms with Crippen LogP contribution in [-0.2, 0) is 0 Å². The monoisotopic (exact) mass is 385 g/mol. The summed E-state index contributed by atoms with van der Waals surface area (Å²) in [5.41, 5.74) is 7.88. The number of methoxy groups -OCH3 is 2. The zero-order valence-corrected chi connectivity index (χ0v) is 17.0. The number of ether oxygens (including phenoxy) is 2. The summed E-state index contributed by atoms with van der Waals surface area (Å²) in [6, 6.07) is 18.8. The smallest absolute Gasteiger partial charge is 0.161 e. The minimum atomic E-state index is -0.105. The highest BCUT2D eigenvalue weighted by Gasteiger charge is 2.29. The van der Waals surface area contributed by atoms with Crippen molar-refractivity contribution < 1.29 is 9.47 Å². The van der Waals surface area contributed by atoms with E-state index in [9.17, 15) is 0 Å². The van der Waals surface area contributed by atoms with Crippen LogP contribution in [0.3, 0.4) is 0 Å². The lowest BCUT2D eigenvalue weighted by atomic mass is 10.0. The van der Waals surface area contributed by atoms with Gasteiger partial charge < -0.3 is 14.8 Å². The van der Waals surface area contributed by atoms with Crippen molar-refractivity contribution in [2.24, 2.45) is 0 Å². The van der Waals surface area contributed by atoms with E-state index in [1.54, 1.807) is 14.2 Å². The molecule has 3 aromatic carbocycles. The lowest BCUT2D eigenvalue weighted by Crippen LogP contribution is -2.24. The molecule has 0 saturated carbocycles. The van der Waals surface area contributed by atoms with Crippen molar-refractivity contribution in [2.45, 2.75) is 20.0 Å². The first kappa shape index (κ1) is 17.6. The molecule has 5 heteroatoms. The van der Waals surface area contributed by atoms with Crippen molar-refractivity contribution in [3.63, 3.8) is 0 Å². The molecule has 0 radical (unpaired) electrons. The molecule has 0 spiro atoms. The lowest BCUT2D eigenvalue weighted by molar-refractivity contribution is 0.354. The van der Waals surface area contributed by atoms with Gasteiger partial charge in [-0.15, -0.1) is 0 Å². The number of nitrogens with zero attached hydrogens (tertiary/aromatic N) is 2. The van der Waals surface area contributed by atoms with Gasteiger partial charge in [-0.05, 0) is 66.9 Å². The summed E-state index contributed by atoms with van der Waals surface area (Å²) in [7, 11) is 3.31. The molecule has 1 N–H and O–H groups in total. The highest BCUT2D eigenvalue weighted by atomic mass is 16.5. The third kappa shape index (κ3) is 2.65. The Labute approximate surface area is 169 Å². The van der Waals surface area contributed by atoms with Crippen molar-refractivity contribution in [1.82, 2.24) is 9.55 Å². The molecular formula is C24H23N3O2. The van der Waals surface area contributed by atoms with E-state index < -0.39 is 0 Å². The molecule has 29 heavy (non-hydrogen) atoms. The Kier molecular flexibility index (Phi) is 3.98. The Morgan fingerprint density at radius 3 is 2.45 bits per heavy atom. The van der Waals surface area contributed by atoms with Gasteiger partial charge >= 0.3 is 0 Å². The predicted octanol–water partition coefficient (Wildman–Crippen LogP) is 5.31. The maximum atomic E-state index is 5.55. The number of aromatic nitrogens is 2. The van der Waals surface area contributed by atoms with E-state index in [0.717, 1.165) is 39.4 Å². The summed E-state index contributed by atoms with van der Waals surface area (Å²) in [6.07, 6.45) is -0.105. The van der Waals surface area contributed by atoms with E-state index in [2.05, 4.69) is 60.1 Å². The van der Waals surface area contributed by atoms with Gasteiger partial charge in [0.15, 0.2) is 11.5 Å². The van der Waals surface area contributed by atoms with Crippen molar-refractivity contribution >= 4 is 16.7 Å². The summed E-state index contributed by atoms with van der Waals surface area (Å²) in [5, 5.41) is 3.70. The Balaban J connectivity index is 1.78. The van der Waals surface area contributed by atoms with Gasteiger partial charge in [0.2, 0.25) is 0 Å². The molecule has 1 unspecified atom stereocenters. The first-order valence-electron chi connectivity index (χ1n) is 9.67. The molecule has 0 aliphatic carbocycles. The van der Waals surface area contributed by atoms with E-state index in [0.29, 0.717) is 5.75 Å². The van der Waals surface area contributed by atoms with E-state index in [-0.39, 0.29) is 6.17 Å². The van der Waals surface area contributed by atoms with E-state index in [1.165, 1.54) is 11.1 Å². The molecule has 0 fully saturated rings. The van der Waals surface area contributed by atoms with E-state index in [4.69, 9.17) is 14.5 Å². The highest BCUT2D eigenvalue weighted by Crippen LogP contribution is 2.42. The van der Waals surface area contributed by atoms with Crippen molar-refractivity contribution in [1.29, 1.82) is 0 Å². The predicted molar refractivity (Wildman–Crippen MR) is 116 cm³/mol. The Morgan fingerprint density at radius 2 is 1.66 bits per heavy atom. The maximum absolute atomic E-state index is 5.55. The van der Waals surface area contributed by atoms with Gasteiger partial charge in [0.05, 0.1) is 25.3 Å². The number of imidazole rings is 1. The second-order valence-electron chi connectivity index (χ2n) is 7.44. The van der Waals surface area contributed by atoms with Crippen LogP contribution in [0.2, 0.25) is 0 Å². The quantitative estimate of drug-likeness (QED) is 0.519. The number of para-hydroxylation sites is 1. The zero-order chi connectivity index (χ0) is 20.1. The summed E-state index contributed by atoms with van der Waals surface area (Å²) in [5.74, 6) is 2.40. The molecule has 0 amide bonds. The topological polar surface area (TPSA) is 48.3 Å². The van der Waals surface area contributed by atoms with Crippen LogP contribution in [0.15, 0.2) is 54.6 Å². The van der Waals surface area contributed by atoms with Gasteiger partial charge in [-0.2, -0.15) is 0 Å². The third-order valence-corrected chi connectivity index (χ3v) is 5.75. The van der Waals surface area contributed by atoms with Crippen LogP contribution in [0.4, 0.5) is 5.69 Å². The highest BCUT2D eigenvalue weighted by molar-refractivity contribution is 5.87. The van der Waals surface area contributed by atoms with Crippen molar-refractivity contribution in [3.8, 4) is 22.9 Å². The van der Waals surface area contributed by atoms with E-state index in [1.807, 2.05) is 18.2 Å². The lowest BCUT2D eigenvalue weighted by Gasteiger charge is -2.30. The SMILES string of the molecule is COc1ccc(C2Nc3ccccc3-c3nc4cc(C)c(C)cc4n32)cc1OC. The summed E-state index contributed by atoms with van der Waals surface area (Å²) in [4.78, 5) is 5.02. The number of anilines is 1. The van der Waals surface area contributed by atoms with Crippen LogP contribution in [0.1, 0.15) is 22.9 Å². The van der Waals surface area contributed by atoms with Gasteiger partial charge in [-0.1, -0.05) is 18.2 Å². The molecule has 1 aromatic heterocycles. The normalized spacial score (nSPS) is 14.8. The summed E-state index contributed by atoms with van der Waals surface area (Å²) >= 11 is 0. The zero-order valence-electron chi connectivity index (χ0n) is 17.0. The molecule has 5 nitrogen and oxygen atoms in total. The van der Waals surface area contributed by atoms with Gasteiger partial charge in [0, 0.05) is 11.3 Å². The number of fused-ring (bicyclic) bond motifs is 5. The molecular weight excluding hydrogens is 362 g/mol. The molecule has 0 bridgehead atoms. The maximum Gasteiger partial charge on any atom is 0.161 e. The fourth-order valence-corrected chi connectivity index (χ4v) is 4.07. The fourth-order valence-electron chi connectivity index (χ4n) is 4.07. The molecule has 4 aromatic rings. The fraction of sp³-hybridized carbons (Fsp3) is 0.208. The molecule has 5 rings (SSSR count). The second-order valence-corrected chi connectivity index (χ2v) is 7.44. The van der Waals surface area contributed by atoms with E-state index >= 15 is 0 Å². The third-order valence-electron chi connectivity index (χ3n) is 5.75. The van der Waals surface area contributed by atoms with Crippen molar-refractivity contribution in [3.05, 3.63) is 71.3 Å². The Bertz CT molecular complexity index is 1240. The molecule has 0 saturated heterocycles. The first-order valence-corrected chi connectivity index (χ1v) is 9.67. The minimum absolute atomic E-state index is 0.105. The number of hydrogen-bond acceptors (Lipinski definition) is 4. The summed E-state index contributed by atoms with van der Waals surface area (Å²) in [6.45, 7) is 4.27. The molecule has 2 heterocycles. The van der Waals surface area contributed by atoms with Crippen LogP contribution in [0.5, 0.6) is 11.5 Å². The molecule has 1 aliphatic rings. The largest absolute Gasteiger partial charge is 0.493 e. The average Bonchev–Trinajstić information content (AvgIpc) is 3.11. The van der Waals surface area contributed by atoms with Gasteiger partial charge in [-0.25, -0.2) is 4.98 Å². The number of benzene rings is 3.